The fourth-order valence-corrected chi connectivity index (χ4v) is 42.8. The lowest BCUT2D eigenvalue weighted by Crippen LogP contribution is -2.54. The number of carbonyl (C=O) groups excluding carboxylic acids is 5. The average molecular weight is 2030 g/mol. The number of fused-ring (bicyclic) bond motifs is 24. The molecule has 20 fully saturated rings. The van der Waals surface area contributed by atoms with Crippen LogP contribution in [0, 0.1) is 170 Å². The van der Waals surface area contributed by atoms with Gasteiger partial charge in [0.2, 0.25) is 11.8 Å². The fourth-order valence-electron chi connectivity index (χ4n) is 42.8. The summed E-state index contributed by atoms with van der Waals surface area (Å²) in [4.78, 5) is 70.1. The SMILES string of the molecule is CC1=C2C[C@H]3[C@@H](CC[C@@H]4CC(=O)CC[C@@]43C)[C@@H]2CCC2(C1)O[C@@H]1C[C@H](C)CN(CC(=O)NCCc3ccccc3)[C@H]1[C@H]2C.CC1=C2C[C@H]3[C@@H](CC[C@@H]4C[C@@H](C)CC[C@@]43C)[C@@H]2CCC2(C1)O[C@@H]1C[C@H](C)CN[C@H]1[C@H]2C.CCCC(=O)NCCN1C[C@@H](C)C[C@H]2O[C@]3(CC[C@@H]4C(=C(C)C3)C[C@H]3[C@H]4CC[C@@H]4CC(=O)CC[C@@]43C)[C@H](C)[C@@H]21.CNCCN1C[C@@H](C)C[C@H]2OC3(CC[C@@H]4C(=C(C)C3)C[C@H]3[C@H]4CC[C@@H]4CC(=O)CC[C@@]43C)[C@H](C)[C@@H]21. The first-order chi connectivity index (χ1) is 70.9. The predicted octanol–water partition coefficient (Wildman–Crippen LogP) is 25.4. The maximum absolute atomic E-state index is 13.2. The number of likely N-dealkylation sites (tertiary alicyclic amines) is 3. The second-order valence-corrected chi connectivity index (χ2v) is 58.7. The molecule has 8 saturated heterocycles. The van der Waals surface area contributed by atoms with E-state index < -0.39 is 0 Å². The number of nitrogens with one attached hydrogen (secondary N) is 4. The number of benzene rings is 1. The summed E-state index contributed by atoms with van der Waals surface area (Å²) in [5.41, 5.74) is 16.9. The molecule has 25 rings (SSSR count). The van der Waals surface area contributed by atoms with E-state index in [9.17, 15) is 24.0 Å². The number of carbonyl (C=O) groups is 5. The van der Waals surface area contributed by atoms with Crippen molar-refractivity contribution >= 4 is 29.2 Å². The Balaban J connectivity index is 0.000000113. The van der Waals surface area contributed by atoms with E-state index >= 15 is 0 Å². The van der Waals surface area contributed by atoms with Gasteiger partial charge < -0.3 is 40.2 Å². The normalized spacial score (nSPS) is 48.2. The Kier molecular flexibility index (Phi) is 31.0. The molecule has 41 atom stereocenters. The summed E-state index contributed by atoms with van der Waals surface area (Å²) in [7, 11) is 2.08. The van der Waals surface area contributed by atoms with Crippen molar-refractivity contribution in [1.29, 1.82) is 0 Å². The minimum atomic E-state index is -0.114. The standard InChI is InChI=1S/C38H54N2O3.C34H54N2O3.C31H50N2O2.C29H47NO/c1-24-18-34-36(40(22-24)23-35(42)39-17-14-27-8-6-5-7-9-27)26(3)38(43-34)16-13-30-31-11-10-28-19-29(41)12-15-37(28,4)33(31)20-32(30)25(2)21-38;1-6-7-31(38)35-14-15-36-20-21(2)16-30-32(36)23(4)34(39-30)13-11-26-27-9-8-24-17-25(37)10-12-33(24,5)29(27)18-28(26)22(3)19-34;1-19-14-28-29(33(18-19)13-12-32-5)21(3)31(35-28)11-9-24-25-7-6-22-15-23(34)8-10-30(22,4)27(25)16-26(24)20(2)17-31;1-17-8-10-28(5)21(12-17)6-7-23-22-9-11-29(15-19(3)24(22)14-25(23)28)20(4)27-26(31-29)13-18(2)16-30-27/h5-9,24,26,28,30-31,33-34,36H,10-23H2,1-4H3,(H,39,42);21,23-24,26-27,29-30,32H,6-20H2,1-5H3,(H,35,38);19,21-22,24-25,27-29,32H,6-18H2,1-5H3;17-18,20-23,25-27,30H,6-16H2,1-5H3/t24-,26+,28+,30-,31-,33-,34+,36-,37-,38?;21-,23+,24+,26-,27-,29-,30+,32-,33-,34-;19-,21+,22+,24-,25-,27-,28+,29-,30-,31?;17-,18-,20+,21+,22-,23-,25-,26+,27-,28-,29?/m0000/s1. The molecule has 0 aromatic heterocycles. The van der Waals surface area contributed by atoms with Crippen LogP contribution >= 0.6 is 0 Å². The van der Waals surface area contributed by atoms with E-state index in [1.807, 2.05) is 17.2 Å². The summed E-state index contributed by atoms with van der Waals surface area (Å²) < 4.78 is 28.8. The van der Waals surface area contributed by atoms with Crippen LogP contribution in [-0.4, -0.2) is 187 Å². The third-order valence-corrected chi connectivity index (χ3v) is 50.7. The Bertz CT molecular complexity index is 5130. The van der Waals surface area contributed by atoms with Crippen LogP contribution in [0.5, 0.6) is 0 Å². The smallest absolute Gasteiger partial charge is 0.234 e. The van der Waals surface area contributed by atoms with Gasteiger partial charge in [0.15, 0.2) is 0 Å². The molecule has 0 bridgehead atoms. The van der Waals surface area contributed by atoms with E-state index in [1.165, 1.54) is 179 Å². The number of likely N-dealkylation sites (N-methyl/N-ethyl adjacent to an activating group) is 1. The number of rotatable bonds is 13. The topological polar surface area (TPSA) is 180 Å². The molecule has 822 valence electrons. The summed E-state index contributed by atoms with van der Waals surface area (Å²) in [6.45, 7) is 53.8. The predicted molar refractivity (Wildman–Crippen MR) is 595 cm³/mol. The lowest BCUT2D eigenvalue weighted by molar-refractivity contribution is -0.130. The van der Waals surface area contributed by atoms with Crippen LogP contribution in [0.15, 0.2) is 74.9 Å². The summed E-state index contributed by atoms with van der Waals surface area (Å²) >= 11 is 0. The molecule has 1 aromatic carbocycles. The van der Waals surface area contributed by atoms with Gasteiger partial charge in [-0.25, -0.2) is 0 Å². The summed E-state index contributed by atoms with van der Waals surface area (Å²) in [6.07, 6.45) is 52.0. The van der Waals surface area contributed by atoms with Crippen LogP contribution < -0.4 is 21.3 Å². The molecule has 8 heterocycles. The highest BCUT2D eigenvalue weighted by Crippen LogP contribution is 2.72. The fraction of sp³-hybridized carbons (Fsp3) is 0.856. The Hall–Kier alpha value is -4.23. The maximum atomic E-state index is 13.2. The number of allylic oxidation sites excluding steroid dienone is 4. The minimum absolute atomic E-state index is 0.0343. The summed E-state index contributed by atoms with van der Waals surface area (Å²) in [5, 5.41) is 13.6. The van der Waals surface area contributed by atoms with E-state index in [4.69, 9.17) is 18.9 Å². The van der Waals surface area contributed by atoms with Crippen LogP contribution in [0.1, 0.15) is 400 Å². The van der Waals surface area contributed by atoms with Crippen molar-refractivity contribution in [3.63, 3.8) is 0 Å². The van der Waals surface area contributed by atoms with Crippen LogP contribution in [0.4, 0.5) is 0 Å². The number of hydrogen-bond acceptors (Lipinski definition) is 14. The molecule has 148 heavy (non-hydrogen) atoms. The molecular weight excluding hydrogens is 1830 g/mol. The molecule has 4 N–H and O–H groups in total. The zero-order valence-corrected chi connectivity index (χ0v) is 96.4. The highest BCUT2D eigenvalue weighted by Gasteiger charge is 2.68. The van der Waals surface area contributed by atoms with Crippen molar-refractivity contribution in [2.45, 2.75) is 472 Å². The highest BCUT2D eigenvalue weighted by molar-refractivity contribution is 5.81. The van der Waals surface area contributed by atoms with Gasteiger partial charge >= 0.3 is 0 Å². The Morgan fingerprint density at radius 1 is 0.385 bits per heavy atom. The van der Waals surface area contributed by atoms with Crippen molar-refractivity contribution in [3.05, 3.63) is 80.5 Å². The second kappa shape index (κ2) is 42.5. The second-order valence-electron chi connectivity index (χ2n) is 58.7. The third-order valence-electron chi connectivity index (χ3n) is 50.7. The number of Topliss-reactive ketones (excluding diaryl/α,β-unsaturated/α-hetero) is 3. The highest BCUT2D eigenvalue weighted by atomic mass is 16.5. The van der Waals surface area contributed by atoms with Crippen molar-refractivity contribution < 1.29 is 42.9 Å². The molecule has 0 radical (unpaired) electrons. The van der Waals surface area contributed by atoms with Gasteiger partial charge in [0.25, 0.3) is 0 Å². The molecule has 16 nitrogen and oxygen atoms in total. The van der Waals surface area contributed by atoms with Gasteiger partial charge in [0, 0.05) is 145 Å². The van der Waals surface area contributed by atoms with Crippen molar-refractivity contribution in [2.75, 3.05) is 72.5 Å². The number of ketones is 3. The van der Waals surface area contributed by atoms with Gasteiger partial charge in [-0.2, -0.15) is 0 Å². The third kappa shape index (κ3) is 19.5. The summed E-state index contributed by atoms with van der Waals surface area (Å²) in [5.74, 6) is 20.3. The average Bonchev–Trinajstić information content (AvgIpc) is 1.57. The monoisotopic (exact) mass is 2030 g/mol. The Morgan fingerprint density at radius 2 is 0.750 bits per heavy atom. The van der Waals surface area contributed by atoms with Gasteiger partial charge in [-0.1, -0.05) is 178 Å². The van der Waals surface area contributed by atoms with E-state index in [1.54, 1.807) is 33.4 Å². The Morgan fingerprint density at radius 3 is 1.16 bits per heavy atom. The molecular formula is C132H205N7O9. The lowest BCUT2D eigenvalue weighted by atomic mass is 9.51. The molecule has 16 heteroatoms. The van der Waals surface area contributed by atoms with Gasteiger partial charge in [-0.3, -0.25) is 38.7 Å². The number of amides is 2. The zero-order valence-electron chi connectivity index (χ0n) is 96.4. The van der Waals surface area contributed by atoms with E-state index in [0.717, 1.165) is 237 Å². The number of piperidine rings is 4. The van der Waals surface area contributed by atoms with Gasteiger partial charge in [-0.15, -0.1) is 0 Å². The van der Waals surface area contributed by atoms with E-state index in [0.29, 0.717) is 160 Å². The minimum Gasteiger partial charge on any atom is -0.369 e. The van der Waals surface area contributed by atoms with Crippen LogP contribution in [0.25, 0.3) is 0 Å². The Labute approximate surface area is 896 Å². The van der Waals surface area contributed by atoms with Crippen molar-refractivity contribution in [2.24, 2.45) is 170 Å². The van der Waals surface area contributed by atoms with Crippen molar-refractivity contribution in [3.8, 4) is 0 Å². The molecule has 24 aliphatic rings. The quantitative estimate of drug-likeness (QED) is 0.137. The molecule has 8 aliphatic heterocycles. The van der Waals surface area contributed by atoms with Crippen LogP contribution in [-0.2, 0) is 49.3 Å². The van der Waals surface area contributed by atoms with Crippen molar-refractivity contribution in [1.82, 2.24) is 36.0 Å². The lowest BCUT2D eigenvalue weighted by Gasteiger charge is -2.54. The maximum Gasteiger partial charge on any atom is 0.234 e. The van der Waals surface area contributed by atoms with Gasteiger partial charge in [-0.05, 0) is 418 Å². The molecule has 3 unspecified atom stereocenters. The first-order valence-electron chi connectivity index (χ1n) is 63.1. The number of ether oxygens (including phenoxy) is 4. The van der Waals surface area contributed by atoms with Crippen LogP contribution in [0.2, 0.25) is 0 Å². The first-order valence-corrected chi connectivity index (χ1v) is 63.1. The zero-order chi connectivity index (χ0) is 104. The van der Waals surface area contributed by atoms with E-state index in [2.05, 4.69) is 192 Å². The molecule has 1 aromatic rings. The molecule has 2 amide bonds. The largest absolute Gasteiger partial charge is 0.369 e. The van der Waals surface area contributed by atoms with Gasteiger partial charge in [0.05, 0.1) is 53.4 Å². The number of nitrogens with zero attached hydrogens (tertiary/aromatic N) is 3. The first kappa shape index (κ1) is 108. The van der Waals surface area contributed by atoms with Crippen LogP contribution in [0.3, 0.4) is 0 Å². The number of hydrogen-bond donors (Lipinski definition) is 4. The molecule has 4 spiro atoms. The van der Waals surface area contributed by atoms with Gasteiger partial charge in [0.1, 0.15) is 17.3 Å². The molecule has 12 saturated carbocycles. The molecule has 16 aliphatic carbocycles. The summed E-state index contributed by atoms with van der Waals surface area (Å²) in [6, 6.07) is 12.3. The van der Waals surface area contributed by atoms with E-state index in [-0.39, 0.29) is 40.3 Å².